The highest BCUT2D eigenvalue weighted by Crippen LogP contribution is 2.24. The fourth-order valence-corrected chi connectivity index (χ4v) is 2.02. The summed E-state index contributed by atoms with van der Waals surface area (Å²) in [6.45, 7) is 3.45. The van der Waals surface area contributed by atoms with Crippen molar-refractivity contribution in [3.8, 4) is 16.9 Å². The van der Waals surface area contributed by atoms with Gasteiger partial charge >= 0.3 is 0 Å². The molecular weight excluding hydrogens is 236 g/mol. The van der Waals surface area contributed by atoms with E-state index in [9.17, 15) is 0 Å². The first kappa shape index (κ1) is 13.6. The largest absolute Gasteiger partial charge is 0.494 e. The summed E-state index contributed by atoms with van der Waals surface area (Å²) >= 11 is 0. The van der Waals surface area contributed by atoms with Crippen LogP contribution in [0.3, 0.4) is 0 Å². The topological polar surface area (TPSA) is 18.5 Å². The second-order valence-electron chi connectivity index (χ2n) is 4.40. The number of benzene rings is 2. The van der Waals surface area contributed by atoms with Crippen molar-refractivity contribution in [1.29, 1.82) is 0 Å². The van der Waals surface area contributed by atoms with Gasteiger partial charge in [0.15, 0.2) is 0 Å². The zero-order valence-corrected chi connectivity index (χ0v) is 11.6. The van der Waals surface area contributed by atoms with Crippen LogP contribution in [-0.4, -0.2) is 20.3 Å². The van der Waals surface area contributed by atoms with Crippen LogP contribution in [0.25, 0.3) is 11.1 Å². The molecule has 2 aromatic rings. The second kappa shape index (κ2) is 6.95. The van der Waals surface area contributed by atoms with Crippen molar-refractivity contribution in [2.75, 3.05) is 20.3 Å². The van der Waals surface area contributed by atoms with E-state index in [1.165, 1.54) is 16.7 Å². The summed E-state index contributed by atoms with van der Waals surface area (Å²) in [6.07, 6.45) is 0.954. The Morgan fingerprint density at radius 3 is 2.42 bits per heavy atom. The van der Waals surface area contributed by atoms with Gasteiger partial charge in [0.25, 0.3) is 0 Å². The fraction of sp³-hybridized carbons (Fsp3) is 0.294. The van der Waals surface area contributed by atoms with Crippen molar-refractivity contribution < 1.29 is 9.47 Å². The number of hydrogen-bond acceptors (Lipinski definition) is 2. The van der Waals surface area contributed by atoms with Crippen LogP contribution in [0.2, 0.25) is 0 Å². The summed E-state index contributed by atoms with van der Waals surface area (Å²) in [6, 6.07) is 16.8. The van der Waals surface area contributed by atoms with Gasteiger partial charge in [-0.2, -0.15) is 0 Å². The molecule has 0 saturated carbocycles. The maximum Gasteiger partial charge on any atom is 0.119 e. The molecule has 0 heterocycles. The van der Waals surface area contributed by atoms with Crippen molar-refractivity contribution in [2.24, 2.45) is 0 Å². The molecule has 0 bridgehead atoms. The highest BCUT2D eigenvalue weighted by Gasteiger charge is 2.00. The van der Waals surface area contributed by atoms with Crippen LogP contribution < -0.4 is 4.74 Å². The first-order valence-electron chi connectivity index (χ1n) is 6.64. The van der Waals surface area contributed by atoms with Gasteiger partial charge < -0.3 is 9.47 Å². The van der Waals surface area contributed by atoms with Crippen LogP contribution in [0.4, 0.5) is 0 Å². The van der Waals surface area contributed by atoms with E-state index in [4.69, 9.17) is 9.47 Å². The Kier molecular flexibility index (Phi) is 4.99. The van der Waals surface area contributed by atoms with Crippen molar-refractivity contribution >= 4 is 0 Å². The summed E-state index contributed by atoms with van der Waals surface area (Å²) in [4.78, 5) is 0. The maximum atomic E-state index is 5.53. The lowest BCUT2D eigenvalue weighted by Gasteiger charge is -2.07. The van der Waals surface area contributed by atoms with Gasteiger partial charge in [-0.15, -0.1) is 0 Å². The molecule has 0 radical (unpaired) electrons. The SMILES string of the molecule is CCOc1cccc(-c2ccc(CCOC)cc2)c1. The van der Waals surface area contributed by atoms with E-state index >= 15 is 0 Å². The molecule has 2 nitrogen and oxygen atoms in total. The molecule has 0 unspecified atom stereocenters. The Hall–Kier alpha value is -1.80. The number of rotatable bonds is 6. The van der Waals surface area contributed by atoms with Gasteiger partial charge in [-0.3, -0.25) is 0 Å². The lowest BCUT2D eigenvalue weighted by atomic mass is 10.0. The Morgan fingerprint density at radius 2 is 1.74 bits per heavy atom. The minimum absolute atomic E-state index is 0.694. The molecule has 0 amide bonds. The molecule has 0 saturated heterocycles. The smallest absolute Gasteiger partial charge is 0.119 e. The quantitative estimate of drug-likeness (QED) is 0.779. The van der Waals surface area contributed by atoms with Gasteiger partial charge in [0.05, 0.1) is 13.2 Å². The molecular formula is C17H20O2. The van der Waals surface area contributed by atoms with Crippen molar-refractivity contribution in [3.05, 3.63) is 54.1 Å². The lowest BCUT2D eigenvalue weighted by molar-refractivity contribution is 0.202. The third kappa shape index (κ3) is 3.83. The zero-order chi connectivity index (χ0) is 13.5. The Balaban J connectivity index is 2.14. The standard InChI is InChI=1S/C17H20O2/c1-3-19-17-6-4-5-16(13-17)15-9-7-14(8-10-15)11-12-18-2/h4-10,13H,3,11-12H2,1-2H3. The molecule has 0 spiro atoms. The lowest BCUT2D eigenvalue weighted by Crippen LogP contribution is -1.94. The third-order valence-corrected chi connectivity index (χ3v) is 3.03. The van der Waals surface area contributed by atoms with Gasteiger partial charge in [0, 0.05) is 7.11 Å². The maximum absolute atomic E-state index is 5.53. The predicted octanol–water partition coefficient (Wildman–Crippen LogP) is 3.94. The highest BCUT2D eigenvalue weighted by molar-refractivity contribution is 5.65. The van der Waals surface area contributed by atoms with Crippen molar-refractivity contribution in [3.63, 3.8) is 0 Å². The molecule has 0 aromatic heterocycles. The van der Waals surface area contributed by atoms with Crippen LogP contribution in [-0.2, 0) is 11.2 Å². The van der Waals surface area contributed by atoms with Gasteiger partial charge in [0.2, 0.25) is 0 Å². The summed E-state index contributed by atoms with van der Waals surface area (Å²) < 4.78 is 10.6. The van der Waals surface area contributed by atoms with Crippen molar-refractivity contribution in [2.45, 2.75) is 13.3 Å². The van der Waals surface area contributed by atoms with E-state index in [-0.39, 0.29) is 0 Å². The van der Waals surface area contributed by atoms with Crippen LogP contribution in [0.5, 0.6) is 5.75 Å². The highest BCUT2D eigenvalue weighted by atomic mass is 16.5. The van der Waals surface area contributed by atoms with E-state index in [1.807, 2.05) is 19.1 Å². The first-order chi connectivity index (χ1) is 9.33. The fourth-order valence-electron chi connectivity index (χ4n) is 2.02. The zero-order valence-electron chi connectivity index (χ0n) is 11.6. The molecule has 0 atom stereocenters. The predicted molar refractivity (Wildman–Crippen MR) is 78.6 cm³/mol. The normalized spacial score (nSPS) is 10.4. The molecule has 2 rings (SSSR count). The third-order valence-electron chi connectivity index (χ3n) is 3.03. The van der Waals surface area contributed by atoms with Crippen LogP contribution in [0, 0.1) is 0 Å². The monoisotopic (exact) mass is 256 g/mol. The van der Waals surface area contributed by atoms with Crippen LogP contribution in [0.1, 0.15) is 12.5 Å². The van der Waals surface area contributed by atoms with Gasteiger partial charge in [-0.05, 0) is 42.2 Å². The minimum Gasteiger partial charge on any atom is -0.494 e. The summed E-state index contributed by atoms with van der Waals surface area (Å²) in [5.74, 6) is 0.920. The molecule has 0 aliphatic rings. The van der Waals surface area contributed by atoms with Crippen LogP contribution >= 0.6 is 0 Å². The van der Waals surface area contributed by atoms with Gasteiger partial charge in [-0.1, -0.05) is 36.4 Å². The molecule has 0 aliphatic heterocycles. The number of hydrogen-bond donors (Lipinski definition) is 0. The van der Waals surface area contributed by atoms with Gasteiger partial charge in [-0.25, -0.2) is 0 Å². The molecule has 100 valence electrons. The Labute approximate surface area is 115 Å². The number of methoxy groups -OCH3 is 1. The molecule has 2 heteroatoms. The second-order valence-corrected chi connectivity index (χ2v) is 4.40. The Bertz CT molecular complexity index is 503. The molecule has 0 fully saturated rings. The molecule has 0 aliphatic carbocycles. The average molecular weight is 256 g/mol. The van der Waals surface area contributed by atoms with Gasteiger partial charge in [0.1, 0.15) is 5.75 Å². The van der Waals surface area contributed by atoms with Crippen LogP contribution in [0.15, 0.2) is 48.5 Å². The van der Waals surface area contributed by atoms with E-state index in [2.05, 4.69) is 36.4 Å². The van der Waals surface area contributed by atoms with E-state index in [1.54, 1.807) is 7.11 Å². The van der Waals surface area contributed by atoms with Crippen molar-refractivity contribution in [1.82, 2.24) is 0 Å². The average Bonchev–Trinajstić information content (AvgIpc) is 2.46. The Morgan fingerprint density at radius 1 is 0.947 bits per heavy atom. The summed E-state index contributed by atoms with van der Waals surface area (Å²) in [5, 5.41) is 0. The first-order valence-corrected chi connectivity index (χ1v) is 6.64. The molecule has 2 aromatic carbocycles. The molecule has 0 N–H and O–H groups in total. The number of ether oxygens (including phenoxy) is 2. The van der Waals surface area contributed by atoms with E-state index < -0.39 is 0 Å². The van der Waals surface area contributed by atoms with E-state index in [0.29, 0.717) is 6.61 Å². The summed E-state index contributed by atoms with van der Waals surface area (Å²) in [5.41, 5.74) is 3.69. The minimum atomic E-state index is 0.694. The molecule has 19 heavy (non-hydrogen) atoms. The van der Waals surface area contributed by atoms with E-state index in [0.717, 1.165) is 18.8 Å². The summed E-state index contributed by atoms with van der Waals surface area (Å²) in [7, 11) is 1.73.